The van der Waals surface area contributed by atoms with Crippen LogP contribution in [0.1, 0.15) is 12.0 Å². The fourth-order valence-electron chi connectivity index (χ4n) is 3.59. The molecule has 3 nitrogen and oxygen atoms in total. The number of para-hydroxylation sites is 1. The van der Waals surface area contributed by atoms with E-state index in [2.05, 4.69) is 53.6 Å². The smallest absolute Gasteiger partial charge is 0.136 e. The summed E-state index contributed by atoms with van der Waals surface area (Å²) in [5.74, 6) is 0.896. The van der Waals surface area contributed by atoms with E-state index in [-0.39, 0.29) is 0 Å². The van der Waals surface area contributed by atoms with Gasteiger partial charge in [0.2, 0.25) is 0 Å². The molecule has 0 saturated heterocycles. The summed E-state index contributed by atoms with van der Waals surface area (Å²) in [6, 6.07) is 18.7. The van der Waals surface area contributed by atoms with Gasteiger partial charge in [0.05, 0.1) is 16.8 Å². The molecule has 0 aromatic heterocycles. The van der Waals surface area contributed by atoms with Gasteiger partial charge in [0, 0.05) is 18.0 Å². The van der Waals surface area contributed by atoms with Gasteiger partial charge >= 0.3 is 0 Å². The summed E-state index contributed by atoms with van der Waals surface area (Å²) in [7, 11) is 0. The topological polar surface area (TPSA) is 24.8 Å². The first-order valence-electron chi connectivity index (χ1n) is 8.63. The Morgan fingerprint density at radius 3 is 2.72 bits per heavy atom. The normalized spacial score (nSPS) is 17.5. The first-order chi connectivity index (χ1) is 12.4. The molecule has 0 spiro atoms. The van der Waals surface area contributed by atoms with Crippen molar-refractivity contribution in [3.63, 3.8) is 0 Å². The van der Waals surface area contributed by atoms with E-state index in [1.165, 1.54) is 22.1 Å². The quantitative estimate of drug-likeness (QED) is 0.866. The fraction of sp³-hybridized carbons (Fsp3) is 0.136. The van der Waals surface area contributed by atoms with Gasteiger partial charge in [0.1, 0.15) is 12.4 Å². The molecular formula is C22H18N2O. The lowest BCUT2D eigenvalue weighted by Gasteiger charge is -2.31. The lowest BCUT2D eigenvalue weighted by atomic mass is 10.00. The van der Waals surface area contributed by atoms with Crippen molar-refractivity contribution in [2.24, 2.45) is 4.99 Å². The fourth-order valence-corrected chi connectivity index (χ4v) is 3.59. The van der Waals surface area contributed by atoms with Crippen LogP contribution in [-0.4, -0.2) is 11.4 Å². The van der Waals surface area contributed by atoms with E-state index in [1.807, 2.05) is 24.3 Å². The third-order valence-electron chi connectivity index (χ3n) is 4.84. The first-order valence-corrected chi connectivity index (χ1v) is 8.63. The van der Waals surface area contributed by atoms with Crippen molar-refractivity contribution >= 4 is 5.57 Å². The van der Waals surface area contributed by atoms with Gasteiger partial charge in [0.15, 0.2) is 0 Å². The molecule has 0 amide bonds. The molecule has 5 rings (SSSR count). The summed E-state index contributed by atoms with van der Waals surface area (Å²) in [6.07, 6.45) is 7.28. The summed E-state index contributed by atoms with van der Waals surface area (Å²) in [5, 5.41) is 2.37. The number of benzene rings is 2. The summed E-state index contributed by atoms with van der Waals surface area (Å²) >= 11 is 0. The molecule has 0 fully saturated rings. The van der Waals surface area contributed by atoms with Gasteiger partial charge in [-0.3, -0.25) is 0 Å². The summed E-state index contributed by atoms with van der Waals surface area (Å²) in [4.78, 5) is 7.11. The molecule has 0 bridgehead atoms. The predicted molar refractivity (Wildman–Crippen MR) is 97.4 cm³/mol. The predicted octanol–water partition coefficient (Wildman–Crippen LogP) is 3.02. The number of fused-ring (bicyclic) bond motifs is 3. The summed E-state index contributed by atoms with van der Waals surface area (Å²) < 4.78 is 5.96. The highest BCUT2D eigenvalue weighted by molar-refractivity contribution is 5.70. The van der Waals surface area contributed by atoms with Crippen molar-refractivity contribution in [3.8, 4) is 0 Å². The standard InChI is InChI=1S/C22H18N2O/c1-2-6-16(7-3-1)15-25-17-10-11-21-22-19(12-13-24(21)14-17)18-8-4-5-9-20(18)23-22/h1-11,14H,12-13,15H2. The highest BCUT2D eigenvalue weighted by Gasteiger charge is 2.26. The minimum absolute atomic E-state index is 0.587. The van der Waals surface area contributed by atoms with E-state index >= 15 is 0 Å². The zero-order chi connectivity index (χ0) is 16.6. The molecule has 0 N–H and O–H groups in total. The molecule has 0 saturated carbocycles. The lowest BCUT2D eigenvalue weighted by Crippen LogP contribution is -2.28. The molecule has 2 aromatic rings. The lowest BCUT2D eigenvalue weighted by molar-refractivity contribution is 0.202. The van der Waals surface area contributed by atoms with Crippen LogP contribution in [0.2, 0.25) is 0 Å². The van der Waals surface area contributed by atoms with Crippen LogP contribution in [0.4, 0.5) is 0 Å². The number of hydrogen-bond acceptors (Lipinski definition) is 3. The van der Waals surface area contributed by atoms with Crippen LogP contribution >= 0.6 is 0 Å². The Balaban J connectivity index is 1.43. The van der Waals surface area contributed by atoms with Crippen LogP contribution < -0.4 is 10.6 Å². The maximum atomic E-state index is 5.96. The molecule has 3 heteroatoms. The average molecular weight is 326 g/mol. The molecule has 0 aliphatic carbocycles. The highest BCUT2D eigenvalue weighted by Crippen LogP contribution is 2.33. The van der Waals surface area contributed by atoms with Gasteiger partial charge in [-0.05, 0) is 35.8 Å². The monoisotopic (exact) mass is 326 g/mol. The number of nitrogens with zero attached hydrogens (tertiary/aromatic N) is 2. The molecule has 0 atom stereocenters. The second-order valence-electron chi connectivity index (χ2n) is 6.42. The first kappa shape index (κ1) is 14.3. The third-order valence-corrected chi connectivity index (χ3v) is 4.84. The van der Waals surface area contributed by atoms with Gasteiger partial charge in [-0.2, -0.15) is 0 Å². The Kier molecular flexibility index (Phi) is 3.30. The van der Waals surface area contributed by atoms with E-state index in [4.69, 9.17) is 9.73 Å². The summed E-state index contributed by atoms with van der Waals surface area (Å²) in [6.45, 7) is 1.55. The van der Waals surface area contributed by atoms with Gasteiger partial charge < -0.3 is 9.64 Å². The van der Waals surface area contributed by atoms with E-state index in [1.54, 1.807) is 0 Å². The second kappa shape index (κ2) is 5.78. The molecule has 0 radical (unpaired) electrons. The maximum Gasteiger partial charge on any atom is 0.136 e. The van der Waals surface area contributed by atoms with Gasteiger partial charge in [-0.15, -0.1) is 0 Å². The number of rotatable bonds is 3. The SMILES string of the molecule is C1=CC2=C3N=c4ccccc4=C3CCN2C=C1OCc1ccccc1. The molecule has 3 aliphatic rings. The molecule has 25 heavy (non-hydrogen) atoms. The minimum atomic E-state index is 0.587. The Morgan fingerprint density at radius 2 is 1.80 bits per heavy atom. The second-order valence-corrected chi connectivity index (χ2v) is 6.42. The van der Waals surface area contributed by atoms with Gasteiger partial charge in [-0.1, -0.05) is 48.5 Å². The van der Waals surface area contributed by atoms with Crippen LogP contribution in [0.5, 0.6) is 0 Å². The molecule has 2 aromatic carbocycles. The third kappa shape index (κ3) is 2.49. The van der Waals surface area contributed by atoms with Crippen LogP contribution in [0.15, 0.2) is 95.1 Å². The van der Waals surface area contributed by atoms with Crippen molar-refractivity contribution in [3.05, 3.63) is 106 Å². The Bertz CT molecular complexity index is 1040. The number of hydrogen-bond donors (Lipinski definition) is 0. The molecule has 122 valence electrons. The van der Waals surface area contributed by atoms with Crippen molar-refractivity contribution in [1.82, 2.24) is 4.90 Å². The molecule has 3 aliphatic heterocycles. The number of allylic oxidation sites excluding steroid dienone is 3. The Hall–Kier alpha value is -3.07. The largest absolute Gasteiger partial charge is 0.487 e. The Morgan fingerprint density at radius 1 is 0.960 bits per heavy atom. The van der Waals surface area contributed by atoms with Crippen LogP contribution in [0, 0.1) is 0 Å². The zero-order valence-electron chi connectivity index (χ0n) is 13.9. The minimum Gasteiger partial charge on any atom is -0.487 e. The molecule has 0 unspecified atom stereocenters. The van der Waals surface area contributed by atoms with Crippen LogP contribution in [0.3, 0.4) is 0 Å². The van der Waals surface area contributed by atoms with E-state index < -0.39 is 0 Å². The summed E-state index contributed by atoms with van der Waals surface area (Å²) in [5.41, 5.74) is 4.83. The number of ether oxygens (including phenoxy) is 1. The van der Waals surface area contributed by atoms with Gasteiger partial charge in [-0.25, -0.2) is 4.99 Å². The van der Waals surface area contributed by atoms with E-state index in [0.717, 1.165) is 29.8 Å². The van der Waals surface area contributed by atoms with Crippen LogP contribution in [-0.2, 0) is 11.3 Å². The maximum absolute atomic E-state index is 5.96. The zero-order valence-corrected chi connectivity index (χ0v) is 13.9. The molecular weight excluding hydrogens is 308 g/mol. The Labute approximate surface area is 146 Å². The van der Waals surface area contributed by atoms with E-state index in [9.17, 15) is 0 Å². The van der Waals surface area contributed by atoms with Crippen molar-refractivity contribution in [1.29, 1.82) is 0 Å². The van der Waals surface area contributed by atoms with Crippen molar-refractivity contribution in [2.75, 3.05) is 6.54 Å². The van der Waals surface area contributed by atoms with Crippen molar-refractivity contribution in [2.45, 2.75) is 13.0 Å². The van der Waals surface area contributed by atoms with Crippen LogP contribution in [0.25, 0.3) is 5.57 Å². The average Bonchev–Trinajstić information content (AvgIpc) is 3.06. The van der Waals surface area contributed by atoms with Gasteiger partial charge in [0.25, 0.3) is 0 Å². The van der Waals surface area contributed by atoms with Crippen molar-refractivity contribution < 1.29 is 4.74 Å². The molecule has 3 heterocycles. The highest BCUT2D eigenvalue weighted by atomic mass is 16.5. The van der Waals surface area contributed by atoms with E-state index in [0.29, 0.717) is 6.61 Å².